The Balaban J connectivity index is 1.90. The maximum absolute atomic E-state index is 11.0. The first-order chi connectivity index (χ1) is 20.2. The van der Waals surface area contributed by atoms with Crippen molar-refractivity contribution in [3.8, 4) is 0 Å². The molecule has 0 aromatic heterocycles. The lowest BCUT2D eigenvalue weighted by atomic mass is 9.46. The number of ether oxygens (including phenoxy) is 3. The molecule has 0 amide bonds. The Kier molecular flexibility index (Phi) is 14.5. The van der Waals surface area contributed by atoms with Crippen molar-refractivity contribution in [3.63, 3.8) is 0 Å². The Morgan fingerprint density at radius 3 is 2.33 bits per heavy atom. The SMILES string of the molecule is CC[C@@H](CC[C@@]1(C)CC[C@@H](OCCCN)C2[C@@H]1C[C@H](OCCCN)[C@]1(C)[C@@H]([C@H](C)CCCO)CC[C@@H]21)OCCC(=O)O. The highest BCUT2D eigenvalue weighted by atomic mass is 16.5. The van der Waals surface area contributed by atoms with Gasteiger partial charge in [0, 0.05) is 25.2 Å². The first kappa shape index (κ1) is 35.7. The largest absolute Gasteiger partial charge is 0.481 e. The lowest BCUT2D eigenvalue weighted by Crippen LogP contribution is -2.60. The van der Waals surface area contributed by atoms with E-state index in [0.29, 0.717) is 49.3 Å². The zero-order chi connectivity index (χ0) is 30.8. The van der Waals surface area contributed by atoms with Gasteiger partial charge < -0.3 is 35.9 Å². The monoisotopic (exact) mass is 596 g/mol. The number of fused-ring (bicyclic) bond motifs is 3. The fourth-order valence-corrected chi connectivity index (χ4v) is 9.48. The van der Waals surface area contributed by atoms with Crippen LogP contribution in [0.3, 0.4) is 0 Å². The molecule has 0 aromatic rings. The van der Waals surface area contributed by atoms with E-state index in [1.54, 1.807) is 0 Å². The molecule has 0 radical (unpaired) electrons. The highest BCUT2D eigenvalue weighted by molar-refractivity contribution is 5.66. The minimum atomic E-state index is -0.806. The maximum Gasteiger partial charge on any atom is 0.305 e. The predicted molar refractivity (Wildman–Crippen MR) is 167 cm³/mol. The Hall–Kier alpha value is -0.770. The summed E-state index contributed by atoms with van der Waals surface area (Å²) in [4.78, 5) is 11.0. The fraction of sp³-hybridized carbons (Fsp3) is 0.971. The van der Waals surface area contributed by atoms with Crippen LogP contribution < -0.4 is 11.5 Å². The van der Waals surface area contributed by atoms with Crippen molar-refractivity contribution in [3.05, 3.63) is 0 Å². The third kappa shape index (κ3) is 8.48. The fourth-order valence-electron chi connectivity index (χ4n) is 9.48. The Bertz CT molecular complexity index is 800. The molecular formula is C34H64N2O6. The van der Waals surface area contributed by atoms with E-state index in [1.165, 1.54) is 12.8 Å². The van der Waals surface area contributed by atoms with Crippen LogP contribution in [0.25, 0.3) is 0 Å². The van der Waals surface area contributed by atoms with E-state index in [4.69, 9.17) is 30.8 Å². The lowest BCUT2D eigenvalue weighted by molar-refractivity contribution is -0.204. The second kappa shape index (κ2) is 17.1. The summed E-state index contributed by atoms with van der Waals surface area (Å²) in [7, 11) is 0. The van der Waals surface area contributed by atoms with E-state index in [2.05, 4.69) is 27.7 Å². The molecule has 3 saturated carbocycles. The van der Waals surface area contributed by atoms with E-state index in [9.17, 15) is 9.90 Å². The average molecular weight is 597 g/mol. The molecule has 0 spiro atoms. The van der Waals surface area contributed by atoms with Crippen LogP contribution in [0.2, 0.25) is 0 Å². The summed E-state index contributed by atoms with van der Waals surface area (Å²) < 4.78 is 19.6. The summed E-state index contributed by atoms with van der Waals surface area (Å²) in [5.41, 5.74) is 12.0. The van der Waals surface area contributed by atoms with Crippen molar-refractivity contribution in [1.29, 1.82) is 0 Å². The van der Waals surface area contributed by atoms with Crippen LogP contribution in [0.1, 0.15) is 111 Å². The van der Waals surface area contributed by atoms with Crippen molar-refractivity contribution in [2.75, 3.05) is 39.5 Å². The number of hydrogen-bond donors (Lipinski definition) is 4. The average Bonchev–Trinajstić information content (AvgIpc) is 3.33. The van der Waals surface area contributed by atoms with E-state index in [1.807, 2.05) is 0 Å². The van der Waals surface area contributed by atoms with Gasteiger partial charge in [-0.2, -0.15) is 0 Å². The van der Waals surface area contributed by atoms with Crippen molar-refractivity contribution in [1.82, 2.24) is 0 Å². The standard InChI is InChI=1S/C34H64N2O6/c1-5-25(40-22-14-31(38)39)12-15-33(3)16-13-29(41-20-7-17-35)32-27-11-10-26(24(2)9-6-19-37)34(27,4)30(23-28(32)33)42-21-8-18-36/h24-30,32,37H,5-23,35-36H2,1-4H3,(H,38,39)/t24-,25+,26-,27+,28+,29-,30+,32?,33+,34-/m1/s1. The van der Waals surface area contributed by atoms with E-state index < -0.39 is 5.97 Å². The molecule has 0 aliphatic heterocycles. The first-order valence-corrected chi connectivity index (χ1v) is 17.2. The van der Waals surface area contributed by atoms with Gasteiger partial charge in [0.05, 0.1) is 31.3 Å². The number of carbonyl (C=O) groups is 1. The third-order valence-electron chi connectivity index (χ3n) is 11.8. The molecule has 1 unspecified atom stereocenters. The Labute approximate surface area is 256 Å². The summed E-state index contributed by atoms with van der Waals surface area (Å²) in [5, 5.41) is 18.7. The zero-order valence-corrected chi connectivity index (χ0v) is 27.2. The molecule has 42 heavy (non-hydrogen) atoms. The number of carboxylic acid groups (broad SMARTS) is 1. The molecule has 0 heterocycles. The van der Waals surface area contributed by atoms with Gasteiger partial charge in [-0.15, -0.1) is 0 Å². The van der Waals surface area contributed by atoms with Crippen LogP contribution in [0, 0.1) is 40.4 Å². The number of carboxylic acids is 1. The van der Waals surface area contributed by atoms with Crippen molar-refractivity contribution in [2.24, 2.45) is 51.9 Å². The molecule has 0 saturated heterocycles. The van der Waals surface area contributed by atoms with Crippen LogP contribution in [-0.4, -0.2) is 74.0 Å². The quantitative estimate of drug-likeness (QED) is 0.138. The van der Waals surface area contributed by atoms with Crippen LogP contribution in [0.15, 0.2) is 0 Å². The number of nitrogens with two attached hydrogens (primary N) is 2. The molecule has 0 aromatic carbocycles. The molecule has 3 rings (SSSR count). The second-order valence-corrected chi connectivity index (χ2v) is 14.2. The van der Waals surface area contributed by atoms with E-state index in [-0.39, 0.29) is 48.8 Å². The molecule has 6 N–H and O–H groups in total. The number of aliphatic hydroxyl groups is 1. The Morgan fingerprint density at radius 2 is 1.69 bits per heavy atom. The lowest BCUT2D eigenvalue weighted by Gasteiger charge is -2.61. The van der Waals surface area contributed by atoms with Crippen LogP contribution in [0.4, 0.5) is 0 Å². The van der Waals surface area contributed by atoms with Gasteiger partial charge in [-0.3, -0.25) is 4.79 Å². The van der Waals surface area contributed by atoms with E-state index in [0.717, 1.165) is 70.8 Å². The number of rotatable bonds is 20. The van der Waals surface area contributed by atoms with Gasteiger partial charge in [0.2, 0.25) is 0 Å². The molecular weight excluding hydrogens is 532 g/mol. The van der Waals surface area contributed by atoms with Crippen molar-refractivity contribution < 1.29 is 29.2 Å². The normalized spacial score (nSPS) is 35.9. The summed E-state index contributed by atoms with van der Waals surface area (Å²) in [6.07, 6.45) is 12.9. The zero-order valence-electron chi connectivity index (χ0n) is 27.2. The van der Waals surface area contributed by atoms with Crippen molar-refractivity contribution in [2.45, 2.75) is 129 Å². The van der Waals surface area contributed by atoms with Gasteiger partial charge in [-0.25, -0.2) is 0 Å². The minimum absolute atomic E-state index is 0.0558. The first-order valence-electron chi connectivity index (χ1n) is 17.2. The molecule has 10 atom stereocenters. The van der Waals surface area contributed by atoms with Crippen LogP contribution >= 0.6 is 0 Å². The maximum atomic E-state index is 11.0. The smallest absolute Gasteiger partial charge is 0.305 e. The Morgan fingerprint density at radius 1 is 0.976 bits per heavy atom. The molecule has 8 nitrogen and oxygen atoms in total. The van der Waals surface area contributed by atoms with E-state index >= 15 is 0 Å². The summed E-state index contributed by atoms with van der Waals surface area (Å²) in [6, 6.07) is 0. The third-order valence-corrected chi connectivity index (χ3v) is 11.8. The molecule has 3 fully saturated rings. The molecule has 8 heteroatoms. The van der Waals surface area contributed by atoms with Gasteiger partial charge in [0.1, 0.15) is 0 Å². The summed E-state index contributed by atoms with van der Waals surface area (Å²) in [6.45, 7) is 12.8. The summed E-state index contributed by atoms with van der Waals surface area (Å²) >= 11 is 0. The molecule has 0 bridgehead atoms. The molecule has 3 aliphatic rings. The predicted octanol–water partition coefficient (Wildman–Crippen LogP) is 5.38. The van der Waals surface area contributed by atoms with Crippen LogP contribution in [0.5, 0.6) is 0 Å². The molecule has 3 aliphatic carbocycles. The second-order valence-electron chi connectivity index (χ2n) is 14.2. The highest BCUT2D eigenvalue weighted by Crippen LogP contribution is 2.67. The highest BCUT2D eigenvalue weighted by Gasteiger charge is 2.64. The number of aliphatic carboxylic acids is 1. The number of hydrogen-bond acceptors (Lipinski definition) is 7. The van der Waals surface area contributed by atoms with Crippen molar-refractivity contribution >= 4 is 5.97 Å². The molecule has 246 valence electrons. The topological polar surface area (TPSA) is 137 Å². The van der Waals surface area contributed by atoms with Gasteiger partial charge in [0.15, 0.2) is 0 Å². The number of aliphatic hydroxyl groups excluding tert-OH is 1. The van der Waals surface area contributed by atoms with Gasteiger partial charge in [-0.05, 0) is 125 Å². The van der Waals surface area contributed by atoms with Gasteiger partial charge >= 0.3 is 5.97 Å². The van der Waals surface area contributed by atoms with Crippen LogP contribution in [-0.2, 0) is 19.0 Å². The van der Waals surface area contributed by atoms with Gasteiger partial charge in [-0.1, -0.05) is 27.7 Å². The summed E-state index contributed by atoms with van der Waals surface area (Å²) in [5.74, 6) is 1.84. The minimum Gasteiger partial charge on any atom is -0.481 e. The van der Waals surface area contributed by atoms with Gasteiger partial charge in [0.25, 0.3) is 0 Å².